The maximum absolute atomic E-state index is 10.9. The highest BCUT2D eigenvalue weighted by Crippen LogP contribution is 2.26. The van der Waals surface area contributed by atoms with Gasteiger partial charge in [0.05, 0.1) is 6.10 Å². The van der Waals surface area contributed by atoms with Crippen molar-refractivity contribution in [2.75, 3.05) is 18.9 Å². The van der Waals surface area contributed by atoms with Gasteiger partial charge in [0.25, 0.3) is 0 Å². The first-order chi connectivity index (χ1) is 7.65. The molecule has 1 heterocycles. The van der Waals surface area contributed by atoms with Gasteiger partial charge in [0.2, 0.25) is 0 Å². The molecule has 2 N–H and O–H groups in total. The molecule has 0 spiro atoms. The first kappa shape index (κ1) is 13.8. The van der Waals surface area contributed by atoms with E-state index in [0.717, 1.165) is 18.8 Å². The molecular weight excluding hydrogens is 226 g/mol. The first-order valence-corrected chi connectivity index (χ1v) is 6.89. The van der Waals surface area contributed by atoms with Crippen molar-refractivity contribution < 1.29 is 14.6 Å². The van der Waals surface area contributed by atoms with E-state index in [0.29, 0.717) is 24.3 Å². The SMILES string of the molecule is CCNC(CCSC1CCOC1C)C(=O)O. The Bertz CT molecular complexity index is 225. The summed E-state index contributed by atoms with van der Waals surface area (Å²) in [6.45, 7) is 5.55. The van der Waals surface area contributed by atoms with Gasteiger partial charge in [-0.2, -0.15) is 11.8 Å². The molecule has 1 saturated heterocycles. The third-order valence-electron chi connectivity index (χ3n) is 2.79. The molecule has 16 heavy (non-hydrogen) atoms. The van der Waals surface area contributed by atoms with Gasteiger partial charge >= 0.3 is 5.97 Å². The molecule has 0 bridgehead atoms. The van der Waals surface area contributed by atoms with Crippen LogP contribution in [0, 0.1) is 0 Å². The Kier molecular flexibility index (Phi) is 6.16. The summed E-state index contributed by atoms with van der Waals surface area (Å²) < 4.78 is 5.47. The van der Waals surface area contributed by atoms with Crippen LogP contribution >= 0.6 is 11.8 Å². The summed E-state index contributed by atoms with van der Waals surface area (Å²) in [4.78, 5) is 10.9. The molecule has 5 heteroatoms. The minimum Gasteiger partial charge on any atom is -0.480 e. The molecule has 0 aromatic carbocycles. The molecule has 0 radical (unpaired) electrons. The Morgan fingerprint density at radius 1 is 1.69 bits per heavy atom. The number of carboxylic acids is 1. The van der Waals surface area contributed by atoms with E-state index >= 15 is 0 Å². The zero-order chi connectivity index (χ0) is 12.0. The van der Waals surface area contributed by atoms with Gasteiger partial charge < -0.3 is 15.2 Å². The van der Waals surface area contributed by atoms with Gasteiger partial charge in [-0.15, -0.1) is 0 Å². The smallest absolute Gasteiger partial charge is 0.320 e. The third-order valence-corrected chi connectivity index (χ3v) is 4.31. The van der Waals surface area contributed by atoms with E-state index in [1.165, 1.54) is 0 Å². The number of aliphatic carboxylic acids is 1. The summed E-state index contributed by atoms with van der Waals surface area (Å²) in [5.41, 5.74) is 0. The van der Waals surface area contributed by atoms with E-state index in [1.807, 2.05) is 18.7 Å². The van der Waals surface area contributed by atoms with E-state index < -0.39 is 12.0 Å². The Balaban J connectivity index is 2.19. The number of carboxylic acid groups (broad SMARTS) is 1. The van der Waals surface area contributed by atoms with E-state index in [9.17, 15) is 4.79 Å². The standard InChI is InChI=1S/C11H21NO3S/c1-3-12-9(11(13)14)5-7-16-10-4-6-15-8(10)2/h8-10,12H,3-7H2,1-2H3,(H,13,14). The zero-order valence-corrected chi connectivity index (χ0v) is 10.8. The lowest BCUT2D eigenvalue weighted by Gasteiger charge is -2.16. The van der Waals surface area contributed by atoms with Crippen LogP contribution in [0.2, 0.25) is 0 Å². The van der Waals surface area contributed by atoms with Crippen molar-refractivity contribution in [2.45, 2.75) is 44.1 Å². The van der Waals surface area contributed by atoms with Gasteiger partial charge in [0.1, 0.15) is 6.04 Å². The van der Waals surface area contributed by atoms with Crippen LogP contribution in [0.3, 0.4) is 0 Å². The van der Waals surface area contributed by atoms with Gasteiger partial charge in [-0.3, -0.25) is 4.79 Å². The van der Waals surface area contributed by atoms with Gasteiger partial charge in [0.15, 0.2) is 0 Å². The first-order valence-electron chi connectivity index (χ1n) is 5.84. The molecule has 1 fully saturated rings. The summed E-state index contributed by atoms with van der Waals surface area (Å²) in [6, 6.07) is -0.407. The largest absolute Gasteiger partial charge is 0.480 e. The predicted molar refractivity (Wildman–Crippen MR) is 66.0 cm³/mol. The lowest BCUT2D eigenvalue weighted by atomic mass is 10.2. The van der Waals surface area contributed by atoms with Crippen LogP contribution in [0.5, 0.6) is 0 Å². The van der Waals surface area contributed by atoms with Crippen molar-refractivity contribution in [2.24, 2.45) is 0 Å². The molecule has 0 amide bonds. The predicted octanol–water partition coefficient (Wildman–Crippen LogP) is 1.35. The molecule has 1 aliphatic heterocycles. The maximum Gasteiger partial charge on any atom is 0.320 e. The Labute approximate surface area is 101 Å². The van der Waals surface area contributed by atoms with E-state index in [2.05, 4.69) is 12.2 Å². The van der Waals surface area contributed by atoms with Gasteiger partial charge in [0, 0.05) is 11.9 Å². The quantitative estimate of drug-likeness (QED) is 0.711. The van der Waals surface area contributed by atoms with Crippen molar-refractivity contribution in [3.63, 3.8) is 0 Å². The lowest BCUT2D eigenvalue weighted by Crippen LogP contribution is -2.37. The van der Waals surface area contributed by atoms with Crippen LogP contribution in [0.1, 0.15) is 26.7 Å². The molecule has 0 aromatic heterocycles. The fraction of sp³-hybridized carbons (Fsp3) is 0.909. The number of ether oxygens (including phenoxy) is 1. The van der Waals surface area contributed by atoms with Gasteiger partial charge in [-0.1, -0.05) is 6.92 Å². The van der Waals surface area contributed by atoms with Crippen molar-refractivity contribution in [3.8, 4) is 0 Å². The minimum atomic E-state index is -0.752. The molecule has 1 aliphatic rings. The molecule has 0 aromatic rings. The fourth-order valence-corrected chi connectivity index (χ4v) is 3.11. The minimum absolute atomic E-state index is 0.312. The number of rotatable bonds is 7. The Hall–Kier alpha value is -0.260. The van der Waals surface area contributed by atoms with Crippen molar-refractivity contribution in [1.29, 1.82) is 0 Å². The number of hydrogen-bond donors (Lipinski definition) is 2. The molecular formula is C11H21NO3S. The van der Waals surface area contributed by atoms with Crippen LogP contribution in [0.25, 0.3) is 0 Å². The van der Waals surface area contributed by atoms with Gasteiger partial charge in [-0.25, -0.2) is 0 Å². The van der Waals surface area contributed by atoms with E-state index in [-0.39, 0.29) is 0 Å². The average Bonchev–Trinajstić information content (AvgIpc) is 2.63. The number of thioether (sulfide) groups is 1. The zero-order valence-electron chi connectivity index (χ0n) is 9.94. The van der Waals surface area contributed by atoms with Crippen molar-refractivity contribution in [3.05, 3.63) is 0 Å². The van der Waals surface area contributed by atoms with Crippen LogP contribution in [0.15, 0.2) is 0 Å². The summed E-state index contributed by atoms with van der Waals surface area (Å²) in [7, 11) is 0. The normalized spacial score (nSPS) is 26.9. The van der Waals surface area contributed by atoms with Crippen LogP contribution in [-0.2, 0) is 9.53 Å². The molecule has 0 aliphatic carbocycles. The van der Waals surface area contributed by atoms with Crippen molar-refractivity contribution >= 4 is 17.7 Å². The van der Waals surface area contributed by atoms with Crippen LogP contribution in [-0.4, -0.2) is 47.4 Å². The molecule has 3 unspecified atom stereocenters. The molecule has 0 saturated carbocycles. The second-order valence-corrected chi connectivity index (χ2v) is 5.36. The second kappa shape index (κ2) is 7.14. The third kappa shape index (κ3) is 4.31. The lowest BCUT2D eigenvalue weighted by molar-refractivity contribution is -0.139. The van der Waals surface area contributed by atoms with Crippen molar-refractivity contribution in [1.82, 2.24) is 5.32 Å². The summed E-state index contributed by atoms with van der Waals surface area (Å²) in [6.07, 6.45) is 2.08. The number of nitrogens with one attached hydrogen (secondary N) is 1. The monoisotopic (exact) mass is 247 g/mol. The van der Waals surface area contributed by atoms with Crippen LogP contribution in [0.4, 0.5) is 0 Å². The number of likely N-dealkylation sites (N-methyl/N-ethyl adjacent to an activating group) is 1. The molecule has 1 rings (SSSR count). The summed E-state index contributed by atoms with van der Waals surface area (Å²) in [5.74, 6) is 0.126. The Morgan fingerprint density at radius 2 is 2.44 bits per heavy atom. The Morgan fingerprint density at radius 3 is 2.94 bits per heavy atom. The topological polar surface area (TPSA) is 58.6 Å². The summed E-state index contributed by atoms with van der Waals surface area (Å²) >= 11 is 1.84. The second-order valence-electron chi connectivity index (χ2n) is 4.01. The average molecular weight is 247 g/mol. The molecule has 3 atom stereocenters. The van der Waals surface area contributed by atoms with Gasteiger partial charge in [-0.05, 0) is 32.1 Å². The fourth-order valence-electron chi connectivity index (χ4n) is 1.83. The molecule has 4 nitrogen and oxygen atoms in total. The summed E-state index contributed by atoms with van der Waals surface area (Å²) in [5, 5.41) is 12.5. The van der Waals surface area contributed by atoms with E-state index in [4.69, 9.17) is 9.84 Å². The highest BCUT2D eigenvalue weighted by Gasteiger charge is 2.25. The highest BCUT2D eigenvalue weighted by molar-refractivity contribution is 7.99. The number of carbonyl (C=O) groups is 1. The number of hydrogen-bond acceptors (Lipinski definition) is 4. The van der Waals surface area contributed by atoms with Crippen LogP contribution < -0.4 is 5.32 Å². The molecule has 94 valence electrons. The van der Waals surface area contributed by atoms with E-state index in [1.54, 1.807) is 0 Å². The maximum atomic E-state index is 10.9. The highest BCUT2D eigenvalue weighted by atomic mass is 32.2.